The Balaban J connectivity index is 2.06. The summed E-state index contributed by atoms with van der Waals surface area (Å²) in [5.41, 5.74) is 10.7. The van der Waals surface area contributed by atoms with E-state index >= 15 is 0 Å². The van der Waals surface area contributed by atoms with E-state index < -0.39 is 5.97 Å². The first-order valence-electron chi connectivity index (χ1n) is 9.54. The van der Waals surface area contributed by atoms with Crippen LogP contribution in [0.5, 0.6) is 5.75 Å². The highest BCUT2D eigenvalue weighted by Crippen LogP contribution is 2.48. The molecule has 3 heteroatoms. The molecule has 28 heavy (non-hydrogen) atoms. The lowest BCUT2D eigenvalue weighted by Gasteiger charge is -2.28. The smallest absolute Gasteiger partial charge is 0.307 e. The number of aryl methyl sites for hydroxylation is 2. The lowest BCUT2D eigenvalue weighted by atomic mass is 9.82. The summed E-state index contributed by atoms with van der Waals surface area (Å²) < 4.78 is 6.16. The van der Waals surface area contributed by atoms with E-state index in [1.54, 1.807) is 0 Å². The van der Waals surface area contributed by atoms with Crippen LogP contribution in [0.4, 0.5) is 0 Å². The third-order valence-corrected chi connectivity index (χ3v) is 5.64. The van der Waals surface area contributed by atoms with Crippen LogP contribution in [0.25, 0.3) is 22.3 Å². The maximum absolute atomic E-state index is 11.6. The molecule has 0 bridgehead atoms. The molecule has 1 heterocycles. The van der Waals surface area contributed by atoms with Crippen molar-refractivity contribution < 1.29 is 14.6 Å². The highest BCUT2D eigenvalue weighted by Gasteiger charge is 2.27. The van der Waals surface area contributed by atoms with Crippen molar-refractivity contribution in [3.05, 3.63) is 75.8 Å². The Morgan fingerprint density at radius 3 is 2.29 bits per heavy atom. The van der Waals surface area contributed by atoms with E-state index in [-0.39, 0.29) is 6.42 Å². The minimum absolute atomic E-state index is 0.0206. The third kappa shape index (κ3) is 2.97. The zero-order valence-electron chi connectivity index (χ0n) is 16.7. The van der Waals surface area contributed by atoms with Crippen LogP contribution < -0.4 is 4.74 Å². The summed E-state index contributed by atoms with van der Waals surface area (Å²) in [6.07, 6.45) is -0.0206. The van der Waals surface area contributed by atoms with Crippen LogP contribution in [-0.2, 0) is 17.8 Å². The third-order valence-electron chi connectivity index (χ3n) is 5.64. The normalized spacial score (nSPS) is 12.1. The minimum atomic E-state index is -0.831. The van der Waals surface area contributed by atoms with E-state index in [1.165, 1.54) is 22.3 Å². The average Bonchev–Trinajstić information content (AvgIpc) is 2.66. The number of benzene rings is 3. The van der Waals surface area contributed by atoms with Gasteiger partial charge >= 0.3 is 5.97 Å². The Morgan fingerprint density at radius 2 is 1.61 bits per heavy atom. The van der Waals surface area contributed by atoms with Crippen LogP contribution in [0.15, 0.2) is 42.5 Å². The molecule has 3 aromatic rings. The van der Waals surface area contributed by atoms with Crippen LogP contribution >= 0.6 is 0 Å². The van der Waals surface area contributed by atoms with Crippen molar-refractivity contribution >= 4 is 5.97 Å². The van der Waals surface area contributed by atoms with Crippen LogP contribution in [0.1, 0.15) is 33.4 Å². The van der Waals surface area contributed by atoms with Crippen LogP contribution in [0.2, 0.25) is 0 Å². The van der Waals surface area contributed by atoms with Crippen molar-refractivity contribution in [1.29, 1.82) is 0 Å². The molecule has 0 atom stereocenters. The van der Waals surface area contributed by atoms with Gasteiger partial charge in [0.1, 0.15) is 12.4 Å². The maximum atomic E-state index is 11.6. The summed E-state index contributed by atoms with van der Waals surface area (Å²) in [6.45, 7) is 8.71. The van der Waals surface area contributed by atoms with E-state index in [2.05, 4.69) is 63.2 Å². The second kappa shape index (κ2) is 6.83. The van der Waals surface area contributed by atoms with Gasteiger partial charge in [0.15, 0.2) is 0 Å². The fourth-order valence-electron chi connectivity index (χ4n) is 4.26. The molecule has 0 aliphatic carbocycles. The second-order valence-corrected chi connectivity index (χ2v) is 7.69. The molecule has 1 N–H and O–H groups in total. The predicted molar refractivity (Wildman–Crippen MR) is 112 cm³/mol. The monoisotopic (exact) mass is 372 g/mol. The van der Waals surface area contributed by atoms with E-state index in [0.29, 0.717) is 6.61 Å². The van der Waals surface area contributed by atoms with Crippen LogP contribution in [0, 0.1) is 27.7 Å². The molecule has 3 nitrogen and oxygen atoms in total. The molecule has 4 rings (SSSR count). The number of hydrogen-bond acceptors (Lipinski definition) is 2. The number of carboxylic acid groups (broad SMARTS) is 1. The SMILES string of the molecule is Cc1ccc(-c2c(C)c3c(c(C)c2CC(=O)O)OCc2cc(C)ccc2-3)cc1. The predicted octanol–water partition coefficient (Wildman–Crippen LogP) is 5.77. The Kier molecular flexibility index (Phi) is 4.46. The number of carbonyl (C=O) groups is 1. The van der Waals surface area contributed by atoms with E-state index in [9.17, 15) is 9.90 Å². The molecule has 0 unspecified atom stereocenters. The van der Waals surface area contributed by atoms with Gasteiger partial charge < -0.3 is 9.84 Å². The van der Waals surface area contributed by atoms with Crippen molar-refractivity contribution in [3.63, 3.8) is 0 Å². The van der Waals surface area contributed by atoms with Gasteiger partial charge in [0, 0.05) is 5.56 Å². The summed E-state index contributed by atoms with van der Waals surface area (Å²) >= 11 is 0. The van der Waals surface area contributed by atoms with E-state index in [1.807, 2.05) is 6.92 Å². The molecule has 3 aromatic carbocycles. The molecule has 0 saturated carbocycles. The van der Waals surface area contributed by atoms with Crippen molar-refractivity contribution in [2.45, 2.75) is 40.7 Å². The number of aliphatic carboxylic acids is 1. The number of carboxylic acids is 1. The molecule has 0 amide bonds. The van der Waals surface area contributed by atoms with Gasteiger partial charge in [0.25, 0.3) is 0 Å². The topological polar surface area (TPSA) is 46.5 Å². The molecule has 0 aromatic heterocycles. The molecular formula is C25H24O3. The van der Waals surface area contributed by atoms with Gasteiger partial charge in [-0.3, -0.25) is 4.79 Å². The van der Waals surface area contributed by atoms with Crippen LogP contribution in [-0.4, -0.2) is 11.1 Å². The Bertz CT molecular complexity index is 1090. The highest BCUT2D eigenvalue weighted by molar-refractivity contribution is 5.90. The molecule has 0 spiro atoms. The zero-order chi connectivity index (χ0) is 20.0. The first-order chi connectivity index (χ1) is 13.4. The average molecular weight is 372 g/mol. The first-order valence-corrected chi connectivity index (χ1v) is 9.54. The lowest BCUT2D eigenvalue weighted by molar-refractivity contribution is -0.136. The largest absolute Gasteiger partial charge is 0.488 e. The standard InChI is InChI=1S/C25H24O3/c1-14-5-8-18(9-6-14)23-17(4)24-20-10-7-15(2)11-19(20)13-28-25(24)16(3)21(23)12-22(26)27/h5-11H,12-13H2,1-4H3,(H,26,27). The zero-order valence-corrected chi connectivity index (χ0v) is 16.7. The molecular weight excluding hydrogens is 348 g/mol. The summed E-state index contributed by atoms with van der Waals surface area (Å²) in [6, 6.07) is 14.8. The van der Waals surface area contributed by atoms with Crippen molar-refractivity contribution in [3.8, 4) is 28.0 Å². The van der Waals surface area contributed by atoms with Gasteiger partial charge in [-0.15, -0.1) is 0 Å². The fourth-order valence-corrected chi connectivity index (χ4v) is 4.26. The van der Waals surface area contributed by atoms with Gasteiger partial charge in [0.2, 0.25) is 0 Å². The quantitative estimate of drug-likeness (QED) is 0.634. The van der Waals surface area contributed by atoms with Gasteiger partial charge in [0.05, 0.1) is 6.42 Å². The maximum Gasteiger partial charge on any atom is 0.307 e. The van der Waals surface area contributed by atoms with E-state index in [0.717, 1.165) is 39.1 Å². The van der Waals surface area contributed by atoms with Crippen molar-refractivity contribution in [2.75, 3.05) is 0 Å². The highest BCUT2D eigenvalue weighted by atomic mass is 16.5. The Morgan fingerprint density at radius 1 is 0.929 bits per heavy atom. The molecule has 142 valence electrons. The summed E-state index contributed by atoms with van der Waals surface area (Å²) in [4.78, 5) is 11.6. The van der Waals surface area contributed by atoms with Gasteiger partial charge in [-0.25, -0.2) is 0 Å². The summed E-state index contributed by atoms with van der Waals surface area (Å²) in [5.74, 6) is -0.0105. The molecule has 0 saturated heterocycles. The summed E-state index contributed by atoms with van der Waals surface area (Å²) in [5, 5.41) is 9.55. The number of hydrogen-bond donors (Lipinski definition) is 1. The van der Waals surface area contributed by atoms with E-state index in [4.69, 9.17) is 4.74 Å². The number of fused-ring (bicyclic) bond motifs is 3. The fraction of sp³-hybridized carbons (Fsp3) is 0.240. The van der Waals surface area contributed by atoms with Crippen molar-refractivity contribution in [2.24, 2.45) is 0 Å². The van der Waals surface area contributed by atoms with Gasteiger partial charge in [-0.1, -0.05) is 53.6 Å². The second-order valence-electron chi connectivity index (χ2n) is 7.69. The molecule has 1 aliphatic rings. The van der Waals surface area contributed by atoms with Gasteiger partial charge in [-0.2, -0.15) is 0 Å². The molecule has 1 aliphatic heterocycles. The Hall–Kier alpha value is -3.07. The molecule has 0 fully saturated rings. The van der Waals surface area contributed by atoms with Gasteiger partial charge in [-0.05, 0) is 66.6 Å². The Labute approximate surface area is 165 Å². The molecule has 0 radical (unpaired) electrons. The van der Waals surface area contributed by atoms with Crippen LogP contribution in [0.3, 0.4) is 0 Å². The lowest BCUT2D eigenvalue weighted by Crippen LogP contribution is -2.13. The minimum Gasteiger partial charge on any atom is -0.488 e. The first kappa shape index (κ1) is 18.3. The van der Waals surface area contributed by atoms with Crippen molar-refractivity contribution in [1.82, 2.24) is 0 Å². The summed E-state index contributed by atoms with van der Waals surface area (Å²) in [7, 11) is 0. The number of rotatable bonds is 3. The number of ether oxygens (including phenoxy) is 1.